The maximum Gasteiger partial charge on any atom is 0.513 e. The Balaban J connectivity index is 2.42. The van der Waals surface area contributed by atoms with Crippen molar-refractivity contribution in [3.05, 3.63) is 59.4 Å². The molecule has 0 aliphatic heterocycles. The molecule has 2 aromatic rings. The van der Waals surface area contributed by atoms with E-state index in [9.17, 15) is 31.3 Å². The smallest absolute Gasteiger partial charge is 0.462 e. The first-order chi connectivity index (χ1) is 14.5. The molecule has 0 saturated heterocycles. The quantitative estimate of drug-likeness (QED) is 0.178. The summed E-state index contributed by atoms with van der Waals surface area (Å²) in [6, 6.07) is 5.67. The summed E-state index contributed by atoms with van der Waals surface area (Å²) in [5.74, 6) is -14.6. The van der Waals surface area contributed by atoms with Gasteiger partial charge in [0.1, 0.15) is 11.8 Å². The number of para-hydroxylation sites is 1. The molecule has 0 saturated carbocycles. The molecule has 170 valence electrons. The molecule has 0 heterocycles. The van der Waals surface area contributed by atoms with E-state index in [2.05, 4.69) is 9.61 Å². The van der Waals surface area contributed by atoms with Crippen molar-refractivity contribution >= 4 is 13.7 Å². The van der Waals surface area contributed by atoms with Crippen LogP contribution in [0.25, 0.3) is 0 Å². The fourth-order valence-electron chi connectivity index (χ4n) is 2.15. The number of carbonyl (C=O) groups is 1. The Hall–Kier alpha value is -2.65. The van der Waals surface area contributed by atoms with Crippen molar-refractivity contribution in [1.29, 1.82) is 0 Å². The summed E-state index contributed by atoms with van der Waals surface area (Å²) in [5.41, 5.74) is 0. The van der Waals surface area contributed by atoms with Gasteiger partial charge in [0.15, 0.2) is 0 Å². The van der Waals surface area contributed by atoms with Crippen LogP contribution in [0.15, 0.2) is 30.3 Å². The van der Waals surface area contributed by atoms with Gasteiger partial charge in [0, 0.05) is 0 Å². The highest BCUT2D eigenvalue weighted by Gasteiger charge is 2.38. The average molecular weight is 467 g/mol. The van der Waals surface area contributed by atoms with Gasteiger partial charge in [-0.05, 0) is 32.4 Å². The zero-order valence-corrected chi connectivity index (χ0v) is 17.5. The van der Waals surface area contributed by atoms with Gasteiger partial charge in [-0.15, -0.1) is 0 Å². The second-order valence-corrected chi connectivity index (χ2v) is 8.02. The second kappa shape index (κ2) is 10.1. The highest BCUT2D eigenvalue weighted by atomic mass is 31.2. The number of halogens is 5. The Labute approximate surface area is 174 Å². The molecule has 31 heavy (non-hydrogen) atoms. The highest BCUT2D eigenvalue weighted by molar-refractivity contribution is 7.52. The van der Waals surface area contributed by atoms with E-state index >= 15 is 0 Å². The molecule has 0 amide bonds. The highest BCUT2D eigenvalue weighted by Crippen LogP contribution is 2.47. The molecule has 0 fully saturated rings. The lowest BCUT2D eigenvalue weighted by Gasteiger charge is -2.24. The number of hydrogen-bond donors (Lipinski definition) is 1. The minimum atomic E-state index is -4.92. The van der Waals surface area contributed by atoms with E-state index in [1.807, 2.05) is 0 Å². The Morgan fingerprint density at radius 2 is 1.45 bits per heavy atom. The van der Waals surface area contributed by atoms with Crippen molar-refractivity contribution in [1.82, 2.24) is 5.09 Å². The van der Waals surface area contributed by atoms with Crippen LogP contribution in [0.2, 0.25) is 0 Å². The lowest BCUT2D eigenvalue weighted by atomic mass is 10.3. The summed E-state index contributed by atoms with van der Waals surface area (Å²) in [4.78, 5) is 12.1. The third-order valence-corrected chi connectivity index (χ3v) is 5.52. The SMILES string of the molecule is CC[C@H](C)OC(=O)[C@H](C)NP(=O)(Oc1ccccc1)Oc1c(F)c(F)c(F)c(F)c1F. The van der Waals surface area contributed by atoms with Crippen LogP contribution in [0.1, 0.15) is 27.2 Å². The van der Waals surface area contributed by atoms with E-state index in [1.165, 1.54) is 31.2 Å². The summed E-state index contributed by atoms with van der Waals surface area (Å²) in [7, 11) is -4.92. The Bertz CT molecular complexity index is 962. The minimum absolute atomic E-state index is 0.135. The first kappa shape index (κ1) is 24.6. The molecule has 0 aromatic heterocycles. The van der Waals surface area contributed by atoms with Crippen molar-refractivity contribution in [3.63, 3.8) is 0 Å². The first-order valence-electron chi connectivity index (χ1n) is 9.03. The van der Waals surface area contributed by atoms with Gasteiger partial charge in [-0.25, -0.2) is 17.7 Å². The largest absolute Gasteiger partial charge is 0.513 e. The van der Waals surface area contributed by atoms with E-state index in [-0.39, 0.29) is 5.75 Å². The van der Waals surface area contributed by atoms with Crippen molar-refractivity contribution in [3.8, 4) is 11.5 Å². The van der Waals surface area contributed by atoms with E-state index in [4.69, 9.17) is 9.26 Å². The van der Waals surface area contributed by atoms with Crippen LogP contribution >= 0.6 is 7.75 Å². The molecule has 1 N–H and O–H groups in total. The molecule has 6 nitrogen and oxygen atoms in total. The predicted molar refractivity (Wildman–Crippen MR) is 100.0 cm³/mol. The molecule has 2 rings (SSSR count). The zero-order valence-electron chi connectivity index (χ0n) is 16.6. The number of ether oxygens (including phenoxy) is 1. The average Bonchev–Trinajstić information content (AvgIpc) is 2.74. The molecular weight excluding hydrogens is 448 g/mol. The second-order valence-electron chi connectivity index (χ2n) is 6.40. The molecular formula is C19H19F5NO5P. The molecule has 12 heteroatoms. The van der Waals surface area contributed by atoms with Crippen LogP contribution < -0.4 is 14.1 Å². The van der Waals surface area contributed by atoms with E-state index in [1.54, 1.807) is 19.9 Å². The van der Waals surface area contributed by atoms with Gasteiger partial charge in [0.2, 0.25) is 34.8 Å². The maximum absolute atomic E-state index is 14.0. The number of rotatable bonds is 9. The normalized spacial score (nSPS) is 15.0. The number of hydrogen-bond acceptors (Lipinski definition) is 5. The van der Waals surface area contributed by atoms with Crippen LogP contribution in [0.5, 0.6) is 11.5 Å². The predicted octanol–water partition coefficient (Wildman–Crippen LogP) is 5.27. The third-order valence-electron chi connectivity index (χ3n) is 3.95. The monoisotopic (exact) mass is 467 g/mol. The summed E-state index contributed by atoms with van der Waals surface area (Å²) in [6.07, 6.45) is -0.0280. The minimum Gasteiger partial charge on any atom is -0.462 e. The molecule has 0 aliphatic rings. The molecule has 2 aromatic carbocycles. The Morgan fingerprint density at radius 3 is 1.97 bits per heavy atom. The van der Waals surface area contributed by atoms with Crippen molar-refractivity contribution in [2.45, 2.75) is 39.3 Å². The van der Waals surface area contributed by atoms with Gasteiger partial charge in [-0.2, -0.15) is 13.9 Å². The summed E-state index contributed by atoms with van der Waals surface area (Å²) >= 11 is 0. The van der Waals surface area contributed by atoms with Gasteiger partial charge in [-0.3, -0.25) is 4.79 Å². The fourth-order valence-corrected chi connectivity index (χ4v) is 3.67. The van der Waals surface area contributed by atoms with Crippen molar-refractivity contribution < 1.29 is 45.1 Å². The number of benzene rings is 2. The van der Waals surface area contributed by atoms with Gasteiger partial charge >= 0.3 is 13.7 Å². The summed E-state index contributed by atoms with van der Waals surface area (Å²) in [5, 5.41) is 2.09. The van der Waals surface area contributed by atoms with Crippen LogP contribution in [-0.2, 0) is 14.1 Å². The molecule has 3 atom stereocenters. The standard InChI is InChI=1S/C19H19F5NO5P/c1-4-10(2)28-19(26)11(3)25-31(27,29-12-8-6-5-7-9-12)30-18-16(23)14(21)13(20)15(22)17(18)24/h5-11H,4H2,1-3H3,(H,25,27)/t10-,11-,31?/m0/s1. The fraction of sp³-hybridized carbons (Fsp3) is 0.316. The molecule has 0 aliphatic carbocycles. The molecule has 0 bridgehead atoms. The Kier molecular flexibility index (Phi) is 8.02. The Morgan fingerprint density at radius 1 is 0.935 bits per heavy atom. The lowest BCUT2D eigenvalue weighted by Crippen LogP contribution is -2.37. The van der Waals surface area contributed by atoms with Gasteiger partial charge in [0.05, 0.1) is 6.10 Å². The number of esters is 1. The van der Waals surface area contributed by atoms with Crippen LogP contribution in [-0.4, -0.2) is 18.1 Å². The maximum atomic E-state index is 14.0. The third kappa shape index (κ3) is 5.95. The summed E-state index contributed by atoms with van der Waals surface area (Å²) in [6.45, 7) is 4.52. The number of nitrogens with one attached hydrogen (secondary N) is 1. The van der Waals surface area contributed by atoms with E-state index in [0.29, 0.717) is 6.42 Å². The number of carbonyl (C=O) groups excluding carboxylic acids is 1. The summed E-state index contributed by atoms with van der Waals surface area (Å²) < 4.78 is 96.4. The van der Waals surface area contributed by atoms with E-state index in [0.717, 1.165) is 0 Å². The van der Waals surface area contributed by atoms with Crippen molar-refractivity contribution in [2.24, 2.45) is 0 Å². The van der Waals surface area contributed by atoms with Crippen LogP contribution in [0.3, 0.4) is 0 Å². The van der Waals surface area contributed by atoms with Gasteiger partial charge in [0.25, 0.3) is 0 Å². The van der Waals surface area contributed by atoms with E-state index < -0.39 is 60.7 Å². The zero-order chi connectivity index (χ0) is 23.3. The van der Waals surface area contributed by atoms with Crippen LogP contribution in [0.4, 0.5) is 22.0 Å². The topological polar surface area (TPSA) is 73.9 Å². The van der Waals surface area contributed by atoms with Crippen LogP contribution in [0, 0.1) is 29.1 Å². The van der Waals surface area contributed by atoms with Gasteiger partial charge in [-0.1, -0.05) is 25.1 Å². The molecule has 0 spiro atoms. The molecule has 1 unspecified atom stereocenters. The van der Waals surface area contributed by atoms with Crippen molar-refractivity contribution in [2.75, 3.05) is 0 Å². The molecule has 0 radical (unpaired) electrons. The first-order valence-corrected chi connectivity index (χ1v) is 10.6. The lowest BCUT2D eigenvalue weighted by molar-refractivity contribution is -0.150. The van der Waals surface area contributed by atoms with Gasteiger partial charge < -0.3 is 13.8 Å².